The standard InChI is InChI=1S/C12H17ClN2OS/c1-14-12(16)6-9-2-4-15(7-9)8-11-10(13)3-5-17-11/h3,5,9H,2,4,6-8H2,1H3,(H,14,16)/t9-/m0/s1. The van der Waals surface area contributed by atoms with Crippen molar-refractivity contribution >= 4 is 28.8 Å². The van der Waals surface area contributed by atoms with E-state index in [-0.39, 0.29) is 5.91 Å². The molecular weight excluding hydrogens is 256 g/mol. The van der Waals surface area contributed by atoms with Gasteiger partial charge in [0.15, 0.2) is 0 Å². The highest BCUT2D eigenvalue weighted by molar-refractivity contribution is 7.10. The van der Waals surface area contributed by atoms with Gasteiger partial charge in [-0.1, -0.05) is 11.6 Å². The van der Waals surface area contributed by atoms with Gasteiger partial charge in [-0.2, -0.15) is 0 Å². The van der Waals surface area contributed by atoms with Crippen molar-refractivity contribution in [2.75, 3.05) is 20.1 Å². The van der Waals surface area contributed by atoms with Gasteiger partial charge in [-0.25, -0.2) is 0 Å². The number of rotatable bonds is 4. The number of nitrogens with zero attached hydrogens (tertiary/aromatic N) is 1. The third-order valence-electron chi connectivity index (χ3n) is 3.18. The van der Waals surface area contributed by atoms with E-state index in [0.717, 1.165) is 31.1 Å². The molecule has 1 amide bonds. The van der Waals surface area contributed by atoms with Crippen molar-refractivity contribution in [1.82, 2.24) is 10.2 Å². The molecule has 2 heterocycles. The molecule has 1 saturated heterocycles. The van der Waals surface area contributed by atoms with Gasteiger partial charge in [0.05, 0.1) is 5.02 Å². The fourth-order valence-corrected chi connectivity index (χ4v) is 3.37. The van der Waals surface area contributed by atoms with Gasteiger partial charge in [0.2, 0.25) is 5.91 Å². The number of amides is 1. The topological polar surface area (TPSA) is 32.3 Å². The molecule has 1 fully saturated rings. The fourth-order valence-electron chi connectivity index (χ4n) is 2.23. The molecular formula is C12H17ClN2OS. The van der Waals surface area contributed by atoms with Crippen LogP contribution in [0.1, 0.15) is 17.7 Å². The average Bonchev–Trinajstić information content (AvgIpc) is 2.90. The Morgan fingerprint density at radius 2 is 2.53 bits per heavy atom. The van der Waals surface area contributed by atoms with Crippen LogP contribution in [0.3, 0.4) is 0 Å². The third-order valence-corrected chi connectivity index (χ3v) is 4.55. The third kappa shape index (κ3) is 3.44. The Bertz CT molecular complexity index is 394. The highest BCUT2D eigenvalue weighted by Gasteiger charge is 2.24. The van der Waals surface area contributed by atoms with Gasteiger partial charge in [-0.05, 0) is 30.3 Å². The minimum atomic E-state index is 0.144. The van der Waals surface area contributed by atoms with Crippen LogP contribution < -0.4 is 5.32 Å². The summed E-state index contributed by atoms with van der Waals surface area (Å²) in [6.45, 7) is 2.98. The molecule has 1 aliphatic heterocycles. The Balaban J connectivity index is 1.82. The number of thiophene rings is 1. The molecule has 1 N–H and O–H groups in total. The summed E-state index contributed by atoms with van der Waals surface area (Å²) in [6.07, 6.45) is 1.75. The van der Waals surface area contributed by atoms with Crippen molar-refractivity contribution in [2.45, 2.75) is 19.4 Å². The summed E-state index contributed by atoms with van der Waals surface area (Å²) in [5, 5.41) is 5.57. The monoisotopic (exact) mass is 272 g/mol. The number of halogens is 1. The van der Waals surface area contributed by atoms with E-state index in [1.807, 2.05) is 11.4 Å². The summed E-state index contributed by atoms with van der Waals surface area (Å²) in [4.78, 5) is 14.9. The summed E-state index contributed by atoms with van der Waals surface area (Å²) >= 11 is 7.78. The molecule has 0 spiro atoms. The normalized spacial score (nSPS) is 20.7. The Morgan fingerprint density at radius 1 is 1.71 bits per heavy atom. The van der Waals surface area contributed by atoms with E-state index in [1.165, 1.54) is 4.88 Å². The van der Waals surface area contributed by atoms with Crippen LogP contribution in [0.25, 0.3) is 0 Å². The molecule has 0 radical (unpaired) electrons. The molecule has 5 heteroatoms. The van der Waals surface area contributed by atoms with Crippen LogP contribution in [0.5, 0.6) is 0 Å². The van der Waals surface area contributed by atoms with Crippen LogP contribution in [0.15, 0.2) is 11.4 Å². The van der Waals surface area contributed by atoms with Crippen LogP contribution in [0.4, 0.5) is 0 Å². The number of hydrogen-bond acceptors (Lipinski definition) is 3. The Kier molecular flexibility index (Phi) is 4.42. The second kappa shape index (κ2) is 5.85. The summed E-state index contributed by atoms with van der Waals surface area (Å²) in [5.74, 6) is 0.639. The molecule has 0 saturated carbocycles. The lowest BCUT2D eigenvalue weighted by Gasteiger charge is -2.15. The largest absolute Gasteiger partial charge is 0.359 e. The van der Waals surface area contributed by atoms with Gasteiger partial charge in [-0.3, -0.25) is 9.69 Å². The smallest absolute Gasteiger partial charge is 0.220 e. The highest BCUT2D eigenvalue weighted by Crippen LogP contribution is 2.27. The van der Waals surface area contributed by atoms with Gasteiger partial charge in [0, 0.05) is 31.4 Å². The molecule has 2 rings (SSSR count). The molecule has 1 aliphatic rings. The number of likely N-dealkylation sites (tertiary alicyclic amines) is 1. The first-order valence-electron chi connectivity index (χ1n) is 5.84. The average molecular weight is 273 g/mol. The van der Waals surface area contributed by atoms with E-state index in [9.17, 15) is 4.79 Å². The maximum atomic E-state index is 11.3. The lowest BCUT2D eigenvalue weighted by Crippen LogP contribution is -2.24. The quantitative estimate of drug-likeness (QED) is 0.913. The van der Waals surface area contributed by atoms with Gasteiger partial charge in [-0.15, -0.1) is 11.3 Å². The molecule has 3 nitrogen and oxygen atoms in total. The predicted octanol–water partition coefficient (Wildman–Crippen LogP) is 2.36. The van der Waals surface area contributed by atoms with Crippen LogP contribution in [-0.4, -0.2) is 30.9 Å². The zero-order valence-electron chi connectivity index (χ0n) is 9.91. The lowest BCUT2D eigenvalue weighted by atomic mass is 10.1. The van der Waals surface area contributed by atoms with E-state index in [0.29, 0.717) is 12.3 Å². The lowest BCUT2D eigenvalue weighted by molar-refractivity contribution is -0.121. The van der Waals surface area contributed by atoms with Crippen molar-refractivity contribution in [3.63, 3.8) is 0 Å². The number of carbonyl (C=O) groups is 1. The SMILES string of the molecule is CNC(=O)C[C@@H]1CCN(Cc2sccc2Cl)C1. The molecule has 1 aromatic heterocycles. The van der Waals surface area contributed by atoms with Gasteiger partial charge in [0.1, 0.15) is 0 Å². The van der Waals surface area contributed by atoms with Crippen molar-refractivity contribution in [2.24, 2.45) is 5.92 Å². The molecule has 0 unspecified atom stereocenters. The van der Waals surface area contributed by atoms with Crippen LogP contribution in [0.2, 0.25) is 5.02 Å². The second-order valence-electron chi connectivity index (χ2n) is 4.46. The van der Waals surface area contributed by atoms with Crippen molar-refractivity contribution in [3.8, 4) is 0 Å². The maximum absolute atomic E-state index is 11.3. The molecule has 0 bridgehead atoms. The van der Waals surface area contributed by atoms with Crippen molar-refractivity contribution < 1.29 is 4.79 Å². The second-order valence-corrected chi connectivity index (χ2v) is 5.87. The molecule has 0 aromatic carbocycles. The van der Waals surface area contributed by atoms with Gasteiger partial charge in [0.25, 0.3) is 0 Å². The van der Waals surface area contributed by atoms with Gasteiger partial charge < -0.3 is 5.32 Å². The van der Waals surface area contributed by atoms with E-state index in [1.54, 1.807) is 18.4 Å². The molecule has 94 valence electrons. The van der Waals surface area contributed by atoms with Crippen LogP contribution in [-0.2, 0) is 11.3 Å². The first-order valence-corrected chi connectivity index (χ1v) is 7.09. The van der Waals surface area contributed by atoms with Crippen molar-refractivity contribution in [1.29, 1.82) is 0 Å². The molecule has 1 aromatic rings. The minimum absolute atomic E-state index is 0.144. The van der Waals surface area contributed by atoms with E-state index in [2.05, 4.69) is 10.2 Å². The summed E-state index contributed by atoms with van der Waals surface area (Å²) in [6, 6.07) is 1.94. The van der Waals surface area contributed by atoms with Crippen LogP contribution in [0, 0.1) is 5.92 Å². The Morgan fingerprint density at radius 3 is 3.18 bits per heavy atom. The fraction of sp³-hybridized carbons (Fsp3) is 0.583. The minimum Gasteiger partial charge on any atom is -0.359 e. The number of hydrogen-bond donors (Lipinski definition) is 1. The summed E-state index contributed by atoms with van der Waals surface area (Å²) < 4.78 is 0. The molecule has 0 aliphatic carbocycles. The predicted molar refractivity (Wildman–Crippen MR) is 71.4 cm³/mol. The van der Waals surface area contributed by atoms with E-state index < -0.39 is 0 Å². The van der Waals surface area contributed by atoms with Gasteiger partial charge >= 0.3 is 0 Å². The first-order chi connectivity index (χ1) is 8.19. The summed E-state index contributed by atoms with van der Waals surface area (Å²) in [7, 11) is 1.69. The van der Waals surface area contributed by atoms with Crippen LogP contribution >= 0.6 is 22.9 Å². The zero-order valence-corrected chi connectivity index (χ0v) is 11.5. The number of nitrogens with one attached hydrogen (secondary N) is 1. The van der Waals surface area contributed by atoms with Crippen molar-refractivity contribution in [3.05, 3.63) is 21.3 Å². The molecule has 1 atom stereocenters. The van der Waals surface area contributed by atoms with E-state index in [4.69, 9.17) is 11.6 Å². The number of carbonyl (C=O) groups excluding carboxylic acids is 1. The Hall–Kier alpha value is -0.580. The molecule has 17 heavy (non-hydrogen) atoms. The zero-order chi connectivity index (χ0) is 12.3. The Labute approximate surface area is 111 Å². The van der Waals surface area contributed by atoms with E-state index >= 15 is 0 Å². The maximum Gasteiger partial charge on any atom is 0.220 e. The first kappa shape index (κ1) is 12.9. The highest BCUT2D eigenvalue weighted by atomic mass is 35.5. The summed E-state index contributed by atoms with van der Waals surface area (Å²) in [5.41, 5.74) is 0.